The van der Waals surface area contributed by atoms with Crippen LogP contribution < -0.4 is 15.1 Å². The number of ether oxygens (including phenoxy) is 1. The van der Waals surface area contributed by atoms with Crippen LogP contribution in [-0.2, 0) is 4.74 Å². The molecule has 0 amide bonds. The van der Waals surface area contributed by atoms with E-state index in [4.69, 9.17) is 16.3 Å². The van der Waals surface area contributed by atoms with Gasteiger partial charge in [0.25, 0.3) is 0 Å². The molecule has 1 N–H and O–H groups in total. The molecule has 0 radical (unpaired) electrons. The highest BCUT2D eigenvalue weighted by Gasteiger charge is 2.20. The number of rotatable bonds is 5. The number of nitrogens with zero attached hydrogens (tertiary/aromatic N) is 5. The summed E-state index contributed by atoms with van der Waals surface area (Å²) in [4.78, 5) is 9.20. The van der Waals surface area contributed by atoms with Crippen molar-refractivity contribution in [2.45, 2.75) is 18.9 Å². The smallest absolute Gasteiger partial charge is 0.244 e. The van der Waals surface area contributed by atoms with Gasteiger partial charge in [-0.2, -0.15) is 10.1 Å². The minimum absolute atomic E-state index is 0.253. The normalized spacial score (nSPS) is 20.4. The van der Waals surface area contributed by atoms with E-state index in [1.807, 2.05) is 18.2 Å². The lowest BCUT2D eigenvalue weighted by atomic mass is 10.2. The Labute approximate surface area is 158 Å². The van der Waals surface area contributed by atoms with Crippen LogP contribution in [0.15, 0.2) is 30.5 Å². The second-order valence-electron chi connectivity index (χ2n) is 6.61. The SMILES string of the molecule is Clc1cccc(N2CCN(c3cnnc(NCC4CCCO4)n3)CC2)c1. The molecule has 7 nitrogen and oxygen atoms in total. The molecule has 0 saturated carbocycles. The number of benzene rings is 1. The van der Waals surface area contributed by atoms with E-state index in [0.29, 0.717) is 5.95 Å². The Hall–Kier alpha value is -2.12. The average molecular weight is 375 g/mol. The average Bonchev–Trinajstić information content (AvgIpc) is 3.20. The minimum atomic E-state index is 0.253. The maximum Gasteiger partial charge on any atom is 0.244 e. The van der Waals surface area contributed by atoms with Crippen molar-refractivity contribution in [2.24, 2.45) is 0 Å². The van der Waals surface area contributed by atoms with Crippen LogP contribution in [-0.4, -0.2) is 60.6 Å². The van der Waals surface area contributed by atoms with Gasteiger partial charge in [0.2, 0.25) is 5.95 Å². The summed E-state index contributed by atoms with van der Waals surface area (Å²) in [6.45, 7) is 5.19. The topological polar surface area (TPSA) is 66.4 Å². The molecule has 1 unspecified atom stereocenters. The van der Waals surface area contributed by atoms with Gasteiger partial charge in [-0.15, -0.1) is 5.10 Å². The number of aromatic nitrogens is 3. The number of hydrogen-bond donors (Lipinski definition) is 1. The molecule has 2 aliphatic rings. The quantitative estimate of drug-likeness (QED) is 0.862. The molecular weight excluding hydrogens is 352 g/mol. The predicted molar refractivity (Wildman–Crippen MR) is 103 cm³/mol. The molecule has 2 aliphatic heterocycles. The highest BCUT2D eigenvalue weighted by molar-refractivity contribution is 6.30. The zero-order valence-corrected chi connectivity index (χ0v) is 15.4. The largest absolute Gasteiger partial charge is 0.376 e. The molecule has 3 heterocycles. The first-order valence-electron chi connectivity index (χ1n) is 9.08. The van der Waals surface area contributed by atoms with E-state index >= 15 is 0 Å². The van der Waals surface area contributed by atoms with Crippen molar-refractivity contribution in [2.75, 3.05) is 54.4 Å². The maximum atomic E-state index is 6.10. The molecule has 0 spiro atoms. The van der Waals surface area contributed by atoms with Gasteiger partial charge in [-0.1, -0.05) is 17.7 Å². The van der Waals surface area contributed by atoms with Gasteiger partial charge in [0.15, 0.2) is 5.82 Å². The standard InChI is InChI=1S/C18H23ClN6O/c19-14-3-1-4-15(11-14)24-6-8-25(9-7-24)17-13-21-23-18(22-17)20-12-16-5-2-10-26-16/h1,3-4,11,13,16H,2,5-10,12H2,(H,20,22,23). The maximum absolute atomic E-state index is 6.10. The van der Waals surface area contributed by atoms with Crippen molar-refractivity contribution in [1.82, 2.24) is 15.2 Å². The predicted octanol–water partition coefficient (Wildman–Crippen LogP) is 2.44. The first-order chi connectivity index (χ1) is 12.8. The fourth-order valence-corrected chi connectivity index (χ4v) is 3.58. The van der Waals surface area contributed by atoms with E-state index in [1.165, 1.54) is 0 Å². The van der Waals surface area contributed by atoms with Gasteiger partial charge in [-0.05, 0) is 31.0 Å². The molecular formula is C18H23ClN6O. The fourth-order valence-electron chi connectivity index (χ4n) is 3.40. The van der Waals surface area contributed by atoms with Crippen LogP contribution in [0.4, 0.5) is 17.5 Å². The van der Waals surface area contributed by atoms with Gasteiger partial charge >= 0.3 is 0 Å². The van der Waals surface area contributed by atoms with Gasteiger partial charge in [-0.3, -0.25) is 0 Å². The molecule has 1 aromatic heterocycles. The van der Waals surface area contributed by atoms with Crippen molar-refractivity contribution in [3.05, 3.63) is 35.5 Å². The van der Waals surface area contributed by atoms with Crippen molar-refractivity contribution in [3.63, 3.8) is 0 Å². The molecule has 1 aromatic carbocycles. The lowest BCUT2D eigenvalue weighted by molar-refractivity contribution is 0.120. The summed E-state index contributed by atoms with van der Waals surface area (Å²) >= 11 is 6.10. The summed E-state index contributed by atoms with van der Waals surface area (Å²) in [5.74, 6) is 1.43. The van der Waals surface area contributed by atoms with Crippen LogP contribution in [0.25, 0.3) is 0 Å². The van der Waals surface area contributed by atoms with Crippen molar-refractivity contribution in [1.29, 1.82) is 0 Å². The molecule has 138 valence electrons. The zero-order valence-electron chi connectivity index (χ0n) is 14.6. The number of anilines is 3. The Morgan fingerprint density at radius 3 is 2.81 bits per heavy atom. The van der Waals surface area contributed by atoms with Gasteiger partial charge in [0.1, 0.15) is 0 Å². The molecule has 4 rings (SSSR count). The summed E-state index contributed by atoms with van der Waals surface area (Å²) in [5, 5.41) is 12.2. The van der Waals surface area contributed by atoms with E-state index in [1.54, 1.807) is 6.20 Å². The van der Waals surface area contributed by atoms with Crippen LogP contribution in [0.1, 0.15) is 12.8 Å². The summed E-state index contributed by atoms with van der Waals surface area (Å²) < 4.78 is 5.62. The highest BCUT2D eigenvalue weighted by Crippen LogP contribution is 2.22. The highest BCUT2D eigenvalue weighted by atomic mass is 35.5. The van der Waals surface area contributed by atoms with E-state index in [0.717, 1.165) is 68.7 Å². The number of halogens is 1. The molecule has 0 bridgehead atoms. The Bertz CT molecular complexity index is 731. The van der Waals surface area contributed by atoms with Gasteiger partial charge in [0.05, 0.1) is 12.3 Å². The van der Waals surface area contributed by atoms with Crippen LogP contribution in [0, 0.1) is 0 Å². The molecule has 2 saturated heterocycles. The molecule has 2 aromatic rings. The number of nitrogens with one attached hydrogen (secondary N) is 1. The van der Waals surface area contributed by atoms with Gasteiger partial charge in [0, 0.05) is 50.0 Å². The Morgan fingerprint density at radius 2 is 2.04 bits per heavy atom. The lowest BCUT2D eigenvalue weighted by Gasteiger charge is -2.36. The Balaban J connectivity index is 1.34. The van der Waals surface area contributed by atoms with Crippen LogP contribution in [0.2, 0.25) is 5.02 Å². The Morgan fingerprint density at radius 1 is 1.19 bits per heavy atom. The summed E-state index contributed by atoms with van der Waals surface area (Å²) in [6, 6.07) is 8.00. The van der Waals surface area contributed by atoms with Crippen LogP contribution >= 0.6 is 11.6 Å². The summed E-state index contributed by atoms with van der Waals surface area (Å²) in [6.07, 6.45) is 4.20. The van der Waals surface area contributed by atoms with Crippen molar-refractivity contribution >= 4 is 29.1 Å². The second kappa shape index (κ2) is 8.05. The Kier molecular flexibility index (Phi) is 5.36. The first kappa shape index (κ1) is 17.3. The van der Waals surface area contributed by atoms with Crippen molar-refractivity contribution < 1.29 is 4.74 Å². The van der Waals surface area contributed by atoms with Crippen LogP contribution in [0.3, 0.4) is 0 Å². The number of piperazine rings is 1. The molecule has 2 fully saturated rings. The molecule has 0 aliphatic carbocycles. The van der Waals surface area contributed by atoms with E-state index in [2.05, 4.69) is 36.4 Å². The second-order valence-corrected chi connectivity index (χ2v) is 7.04. The van der Waals surface area contributed by atoms with E-state index in [9.17, 15) is 0 Å². The molecule has 8 heteroatoms. The first-order valence-corrected chi connectivity index (χ1v) is 9.46. The fraction of sp³-hybridized carbons (Fsp3) is 0.500. The third kappa shape index (κ3) is 4.16. The zero-order chi connectivity index (χ0) is 17.8. The van der Waals surface area contributed by atoms with Gasteiger partial charge in [-0.25, -0.2) is 0 Å². The van der Waals surface area contributed by atoms with Crippen molar-refractivity contribution in [3.8, 4) is 0 Å². The van der Waals surface area contributed by atoms with E-state index in [-0.39, 0.29) is 6.10 Å². The number of hydrogen-bond acceptors (Lipinski definition) is 7. The third-order valence-electron chi connectivity index (χ3n) is 4.83. The van der Waals surface area contributed by atoms with E-state index < -0.39 is 0 Å². The van der Waals surface area contributed by atoms with Gasteiger partial charge < -0.3 is 19.9 Å². The molecule has 26 heavy (non-hydrogen) atoms. The monoisotopic (exact) mass is 374 g/mol. The summed E-state index contributed by atoms with van der Waals surface area (Å²) in [5.41, 5.74) is 1.16. The third-order valence-corrected chi connectivity index (χ3v) is 5.07. The molecule has 1 atom stereocenters. The van der Waals surface area contributed by atoms with Crippen LogP contribution in [0.5, 0.6) is 0 Å². The summed E-state index contributed by atoms with van der Waals surface area (Å²) in [7, 11) is 0. The minimum Gasteiger partial charge on any atom is -0.376 e. The lowest BCUT2D eigenvalue weighted by Crippen LogP contribution is -2.47.